The molecule has 0 atom stereocenters. The van der Waals surface area contributed by atoms with Gasteiger partial charge in [0.25, 0.3) is 0 Å². The molecule has 1 aromatic heterocycles. The summed E-state index contributed by atoms with van der Waals surface area (Å²) in [6, 6.07) is 0. The lowest BCUT2D eigenvalue weighted by molar-refractivity contribution is 0.0975. The molecule has 1 nitrogen and oxygen atoms in total. The maximum Gasteiger partial charge on any atom is 0.163 e. The van der Waals surface area contributed by atoms with Crippen molar-refractivity contribution in [3.63, 3.8) is 0 Å². The number of Topliss-reactive ketones (excluding diaryl/α,β-unsaturated/α-hetero) is 1. The number of ketones is 1. The molecule has 0 spiro atoms. The van der Waals surface area contributed by atoms with Gasteiger partial charge in [0.2, 0.25) is 0 Å². The molecule has 0 fully saturated rings. The Morgan fingerprint density at radius 1 is 1.46 bits per heavy atom. The summed E-state index contributed by atoms with van der Waals surface area (Å²) in [7, 11) is 0. The minimum absolute atomic E-state index is 0.299. The van der Waals surface area contributed by atoms with Crippen LogP contribution in [0, 0.1) is 12.8 Å². The molecule has 0 aromatic carbocycles. The number of hydrogen-bond donors (Lipinski definition) is 0. The van der Waals surface area contributed by atoms with Crippen LogP contribution in [0.2, 0.25) is 0 Å². The number of carbonyl (C=O) groups excluding carboxylic acids is 1. The first-order valence-electron chi connectivity index (χ1n) is 4.67. The monoisotopic (exact) mass is 196 g/mol. The van der Waals surface area contributed by atoms with E-state index in [1.165, 1.54) is 0 Å². The topological polar surface area (TPSA) is 17.1 Å². The van der Waals surface area contributed by atoms with Gasteiger partial charge in [-0.25, -0.2) is 0 Å². The quantitative estimate of drug-likeness (QED) is 0.671. The van der Waals surface area contributed by atoms with E-state index in [9.17, 15) is 4.79 Å². The van der Waals surface area contributed by atoms with Gasteiger partial charge in [-0.2, -0.15) is 11.3 Å². The van der Waals surface area contributed by atoms with Crippen molar-refractivity contribution < 1.29 is 4.79 Å². The first-order valence-corrected chi connectivity index (χ1v) is 5.61. The summed E-state index contributed by atoms with van der Waals surface area (Å²) in [5.74, 6) is 0.912. The molecular weight excluding hydrogens is 180 g/mol. The van der Waals surface area contributed by atoms with Gasteiger partial charge in [-0.3, -0.25) is 4.79 Å². The Morgan fingerprint density at radius 2 is 2.15 bits per heavy atom. The first-order chi connectivity index (χ1) is 6.11. The number of hydrogen-bond acceptors (Lipinski definition) is 2. The van der Waals surface area contributed by atoms with Gasteiger partial charge in [0.05, 0.1) is 0 Å². The third-order valence-corrected chi connectivity index (χ3v) is 2.97. The van der Waals surface area contributed by atoms with Gasteiger partial charge in [0.1, 0.15) is 0 Å². The largest absolute Gasteiger partial charge is 0.294 e. The van der Waals surface area contributed by atoms with Crippen LogP contribution in [0.15, 0.2) is 10.8 Å². The SMILES string of the molecule is Cc1cscc1C(=O)CCC(C)C. The Balaban J connectivity index is 2.54. The van der Waals surface area contributed by atoms with Crippen LogP contribution < -0.4 is 0 Å². The molecule has 0 aliphatic heterocycles. The van der Waals surface area contributed by atoms with E-state index in [0.29, 0.717) is 18.1 Å². The average Bonchev–Trinajstić information content (AvgIpc) is 2.47. The third-order valence-electron chi connectivity index (χ3n) is 2.10. The van der Waals surface area contributed by atoms with Crippen molar-refractivity contribution in [3.8, 4) is 0 Å². The summed E-state index contributed by atoms with van der Waals surface area (Å²) in [5, 5.41) is 3.99. The molecule has 13 heavy (non-hydrogen) atoms. The smallest absolute Gasteiger partial charge is 0.163 e. The van der Waals surface area contributed by atoms with Gasteiger partial charge < -0.3 is 0 Å². The van der Waals surface area contributed by atoms with Crippen LogP contribution in [-0.4, -0.2) is 5.78 Å². The van der Waals surface area contributed by atoms with Gasteiger partial charge >= 0.3 is 0 Å². The van der Waals surface area contributed by atoms with E-state index >= 15 is 0 Å². The summed E-state index contributed by atoms with van der Waals surface area (Å²) in [4.78, 5) is 11.6. The zero-order valence-corrected chi connectivity index (χ0v) is 9.28. The average molecular weight is 196 g/mol. The summed E-state index contributed by atoms with van der Waals surface area (Å²) >= 11 is 1.61. The highest BCUT2D eigenvalue weighted by Crippen LogP contribution is 2.17. The van der Waals surface area contributed by atoms with Crippen molar-refractivity contribution in [2.45, 2.75) is 33.6 Å². The highest BCUT2D eigenvalue weighted by Gasteiger charge is 2.09. The third kappa shape index (κ3) is 2.96. The minimum Gasteiger partial charge on any atom is -0.294 e. The zero-order chi connectivity index (χ0) is 9.84. The predicted octanol–water partition coefficient (Wildman–Crippen LogP) is 3.68. The van der Waals surface area contributed by atoms with E-state index in [2.05, 4.69) is 13.8 Å². The molecule has 0 unspecified atom stereocenters. The Morgan fingerprint density at radius 3 is 2.62 bits per heavy atom. The number of rotatable bonds is 4. The van der Waals surface area contributed by atoms with Crippen molar-refractivity contribution in [2.24, 2.45) is 5.92 Å². The van der Waals surface area contributed by atoms with E-state index in [-0.39, 0.29) is 0 Å². The maximum atomic E-state index is 11.6. The Labute approximate surface area is 83.8 Å². The van der Waals surface area contributed by atoms with Crippen LogP contribution >= 0.6 is 11.3 Å². The molecule has 0 N–H and O–H groups in total. The molecule has 0 saturated carbocycles. The minimum atomic E-state index is 0.299. The summed E-state index contributed by atoms with van der Waals surface area (Å²) in [6.07, 6.45) is 1.68. The molecule has 2 heteroatoms. The summed E-state index contributed by atoms with van der Waals surface area (Å²) in [6.45, 7) is 6.29. The fraction of sp³-hybridized carbons (Fsp3) is 0.545. The second-order valence-electron chi connectivity index (χ2n) is 3.82. The molecule has 0 amide bonds. The molecule has 1 rings (SSSR count). The second-order valence-corrected chi connectivity index (χ2v) is 4.57. The van der Waals surface area contributed by atoms with Gasteiger partial charge in [-0.15, -0.1) is 0 Å². The highest BCUT2D eigenvalue weighted by molar-refractivity contribution is 7.08. The fourth-order valence-electron chi connectivity index (χ4n) is 1.20. The number of aryl methyl sites for hydroxylation is 1. The van der Waals surface area contributed by atoms with E-state index < -0.39 is 0 Å². The summed E-state index contributed by atoms with van der Waals surface area (Å²) < 4.78 is 0. The van der Waals surface area contributed by atoms with Gasteiger partial charge in [0.15, 0.2) is 5.78 Å². The van der Waals surface area contributed by atoms with Crippen LogP contribution in [0.25, 0.3) is 0 Å². The normalized spacial score (nSPS) is 10.8. The van der Waals surface area contributed by atoms with E-state index in [0.717, 1.165) is 17.5 Å². The fourth-order valence-corrected chi connectivity index (χ4v) is 2.05. The van der Waals surface area contributed by atoms with Gasteiger partial charge in [-0.05, 0) is 30.2 Å². The molecular formula is C11H16OS. The lowest BCUT2D eigenvalue weighted by Gasteiger charge is -2.02. The maximum absolute atomic E-state index is 11.6. The molecule has 0 aliphatic carbocycles. The van der Waals surface area contributed by atoms with E-state index in [1.54, 1.807) is 11.3 Å². The van der Waals surface area contributed by atoms with Crippen LogP contribution in [0.4, 0.5) is 0 Å². The Kier molecular flexibility index (Phi) is 3.67. The standard InChI is InChI=1S/C11H16OS/c1-8(2)4-5-11(12)10-7-13-6-9(10)3/h6-8H,4-5H2,1-3H3. The van der Waals surface area contributed by atoms with Crippen LogP contribution in [0.5, 0.6) is 0 Å². The molecule has 0 bridgehead atoms. The molecule has 0 aliphatic rings. The molecule has 1 heterocycles. The first kappa shape index (κ1) is 10.5. The highest BCUT2D eigenvalue weighted by atomic mass is 32.1. The molecule has 72 valence electrons. The molecule has 0 saturated heterocycles. The summed E-state index contributed by atoms with van der Waals surface area (Å²) in [5.41, 5.74) is 2.05. The van der Waals surface area contributed by atoms with Crippen molar-refractivity contribution in [1.82, 2.24) is 0 Å². The Bertz CT molecular complexity index is 286. The van der Waals surface area contributed by atoms with Gasteiger partial charge in [0, 0.05) is 17.4 Å². The van der Waals surface area contributed by atoms with E-state index in [4.69, 9.17) is 0 Å². The number of carbonyl (C=O) groups is 1. The van der Waals surface area contributed by atoms with Crippen molar-refractivity contribution >= 4 is 17.1 Å². The van der Waals surface area contributed by atoms with Crippen LogP contribution in [0.1, 0.15) is 42.6 Å². The van der Waals surface area contributed by atoms with Crippen molar-refractivity contribution in [3.05, 3.63) is 21.9 Å². The molecule has 1 aromatic rings. The van der Waals surface area contributed by atoms with Gasteiger partial charge in [-0.1, -0.05) is 13.8 Å². The Hall–Kier alpha value is -0.630. The van der Waals surface area contributed by atoms with Crippen LogP contribution in [-0.2, 0) is 0 Å². The van der Waals surface area contributed by atoms with Crippen molar-refractivity contribution in [1.29, 1.82) is 0 Å². The molecule has 0 radical (unpaired) electrons. The van der Waals surface area contributed by atoms with Crippen molar-refractivity contribution in [2.75, 3.05) is 0 Å². The van der Waals surface area contributed by atoms with E-state index in [1.807, 2.05) is 17.7 Å². The lowest BCUT2D eigenvalue weighted by atomic mass is 10.0. The zero-order valence-electron chi connectivity index (χ0n) is 8.46. The predicted molar refractivity (Wildman–Crippen MR) is 57.5 cm³/mol. The lowest BCUT2D eigenvalue weighted by Crippen LogP contribution is -2.01. The van der Waals surface area contributed by atoms with Crippen LogP contribution in [0.3, 0.4) is 0 Å². The second kappa shape index (κ2) is 4.56. The number of thiophene rings is 1.